The quantitative estimate of drug-likeness (QED) is 0.476. The van der Waals surface area contributed by atoms with Crippen LogP contribution in [0.5, 0.6) is 5.75 Å². The molecule has 0 radical (unpaired) electrons. The third-order valence-corrected chi connectivity index (χ3v) is 3.47. The van der Waals surface area contributed by atoms with Crippen LogP contribution >= 0.6 is 0 Å². The Labute approximate surface area is 135 Å². The van der Waals surface area contributed by atoms with Crippen molar-refractivity contribution in [1.29, 1.82) is 0 Å². The maximum atomic E-state index is 11.9. The Hall–Kier alpha value is -1.51. The monoisotopic (exact) mass is 306 g/mol. The van der Waals surface area contributed by atoms with Gasteiger partial charge in [-0.25, -0.2) is 0 Å². The number of esters is 1. The summed E-state index contributed by atoms with van der Waals surface area (Å²) in [7, 11) is 0. The molecule has 1 unspecified atom stereocenters. The summed E-state index contributed by atoms with van der Waals surface area (Å²) in [6.07, 6.45) is 4.67. The molecule has 0 saturated carbocycles. The van der Waals surface area contributed by atoms with Crippen LogP contribution in [0.4, 0.5) is 0 Å². The molecule has 0 fully saturated rings. The highest BCUT2D eigenvalue weighted by Gasteiger charge is 2.19. The summed E-state index contributed by atoms with van der Waals surface area (Å²) in [5, 5.41) is 0. The first-order chi connectivity index (χ1) is 10.4. The van der Waals surface area contributed by atoms with Crippen molar-refractivity contribution < 1.29 is 14.3 Å². The molecule has 0 aromatic heterocycles. The minimum Gasteiger partial charge on any atom is -0.494 e. The zero-order valence-electron chi connectivity index (χ0n) is 14.4. The summed E-state index contributed by atoms with van der Waals surface area (Å²) in [4.78, 5) is 11.9. The molecule has 1 aromatic rings. The van der Waals surface area contributed by atoms with Crippen LogP contribution < -0.4 is 4.74 Å². The Bertz CT molecular complexity index is 420. The van der Waals surface area contributed by atoms with Crippen LogP contribution in [0.1, 0.15) is 59.8 Å². The van der Waals surface area contributed by atoms with Gasteiger partial charge in [0.1, 0.15) is 11.4 Å². The molecule has 1 rings (SSSR count). The van der Waals surface area contributed by atoms with Crippen molar-refractivity contribution >= 4 is 5.97 Å². The SMILES string of the molecule is CCC(CCCCOc1ccccc1)CC(=O)OC(C)(C)C. The maximum absolute atomic E-state index is 11.9. The first kappa shape index (κ1) is 18.5. The van der Waals surface area contributed by atoms with Gasteiger partial charge in [0, 0.05) is 6.42 Å². The molecule has 0 N–H and O–H groups in total. The molecule has 0 amide bonds. The van der Waals surface area contributed by atoms with Gasteiger partial charge < -0.3 is 9.47 Å². The first-order valence-electron chi connectivity index (χ1n) is 8.30. The molecule has 22 heavy (non-hydrogen) atoms. The van der Waals surface area contributed by atoms with Gasteiger partial charge in [-0.3, -0.25) is 4.79 Å². The number of ether oxygens (including phenoxy) is 2. The molecule has 124 valence electrons. The van der Waals surface area contributed by atoms with Gasteiger partial charge in [-0.1, -0.05) is 31.5 Å². The lowest BCUT2D eigenvalue weighted by atomic mass is 9.96. The highest BCUT2D eigenvalue weighted by molar-refractivity contribution is 5.70. The summed E-state index contributed by atoms with van der Waals surface area (Å²) in [6.45, 7) is 8.59. The molecule has 0 bridgehead atoms. The second-order valence-electron chi connectivity index (χ2n) is 6.72. The summed E-state index contributed by atoms with van der Waals surface area (Å²) in [5.74, 6) is 1.25. The van der Waals surface area contributed by atoms with E-state index in [1.54, 1.807) is 0 Å². The molecule has 0 aliphatic rings. The van der Waals surface area contributed by atoms with Crippen LogP contribution in [0, 0.1) is 5.92 Å². The molecule has 0 aliphatic carbocycles. The van der Waals surface area contributed by atoms with Gasteiger partial charge >= 0.3 is 5.97 Å². The molecule has 1 atom stereocenters. The Morgan fingerprint density at radius 3 is 2.41 bits per heavy atom. The maximum Gasteiger partial charge on any atom is 0.306 e. The third kappa shape index (κ3) is 8.71. The van der Waals surface area contributed by atoms with E-state index in [2.05, 4.69) is 6.92 Å². The Kier molecular flexibility index (Phi) is 8.00. The van der Waals surface area contributed by atoms with Gasteiger partial charge in [0.15, 0.2) is 0 Å². The van der Waals surface area contributed by atoms with Gasteiger partial charge in [-0.2, -0.15) is 0 Å². The highest BCUT2D eigenvalue weighted by Crippen LogP contribution is 2.19. The van der Waals surface area contributed by atoms with Crippen molar-refractivity contribution in [2.24, 2.45) is 5.92 Å². The lowest BCUT2D eigenvalue weighted by Crippen LogP contribution is -2.25. The fourth-order valence-electron chi connectivity index (χ4n) is 2.31. The topological polar surface area (TPSA) is 35.5 Å². The van der Waals surface area contributed by atoms with Gasteiger partial charge in [0.25, 0.3) is 0 Å². The average Bonchev–Trinajstić information content (AvgIpc) is 2.44. The van der Waals surface area contributed by atoms with E-state index in [1.165, 1.54) is 0 Å². The van der Waals surface area contributed by atoms with E-state index in [0.717, 1.165) is 38.0 Å². The lowest BCUT2D eigenvalue weighted by molar-refractivity contribution is -0.156. The standard InChI is InChI=1S/C19H30O3/c1-5-16(15-18(20)22-19(2,3)4)11-9-10-14-21-17-12-7-6-8-13-17/h6-8,12-13,16H,5,9-11,14-15H2,1-4H3. The van der Waals surface area contributed by atoms with Crippen LogP contribution in [0.2, 0.25) is 0 Å². The van der Waals surface area contributed by atoms with E-state index in [0.29, 0.717) is 12.3 Å². The minimum absolute atomic E-state index is 0.0834. The first-order valence-corrected chi connectivity index (χ1v) is 8.30. The van der Waals surface area contributed by atoms with Crippen LogP contribution in [0.15, 0.2) is 30.3 Å². The number of hydrogen-bond acceptors (Lipinski definition) is 3. The van der Waals surface area contributed by atoms with Crippen molar-refractivity contribution in [1.82, 2.24) is 0 Å². The molecule has 0 saturated heterocycles. The fourth-order valence-corrected chi connectivity index (χ4v) is 2.31. The van der Waals surface area contributed by atoms with E-state index in [9.17, 15) is 4.79 Å². The van der Waals surface area contributed by atoms with Gasteiger partial charge in [-0.15, -0.1) is 0 Å². The van der Waals surface area contributed by atoms with E-state index < -0.39 is 0 Å². The average molecular weight is 306 g/mol. The zero-order valence-corrected chi connectivity index (χ0v) is 14.4. The van der Waals surface area contributed by atoms with Crippen molar-refractivity contribution in [2.45, 2.75) is 65.4 Å². The number of para-hydroxylation sites is 1. The van der Waals surface area contributed by atoms with Crippen LogP contribution in [-0.2, 0) is 9.53 Å². The lowest BCUT2D eigenvalue weighted by Gasteiger charge is -2.21. The highest BCUT2D eigenvalue weighted by atomic mass is 16.6. The molecule has 1 aromatic carbocycles. The van der Waals surface area contributed by atoms with E-state index in [-0.39, 0.29) is 11.6 Å². The third-order valence-electron chi connectivity index (χ3n) is 3.47. The number of hydrogen-bond donors (Lipinski definition) is 0. The fraction of sp³-hybridized carbons (Fsp3) is 0.632. The van der Waals surface area contributed by atoms with E-state index in [4.69, 9.17) is 9.47 Å². The summed E-state index contributed by atoms with van der Waals surface area (Å²) in [6, 6.07) is 9.87. The number of carbonyl (C=O) groups excluding carboxylic acids is 1. The van der Waals surface area contributed by atoms with Crippen molar-refractivity contribution in [3.63, 3.8) is 0 Å². The number of carbonyl (C=O) groups is 1. The second kappa shape index (κ2) is 9.50. The summed E-state index contributed by atoms with van der Waals surface area (Å²) < 4.78 is 11.1. The Morgan fingerprint density at radius 1 is 1.14 bits per heavy atom. The molecule has 0 aliphatic heterocycles. The second-order valence-corrected chi connectivity index (χ2v) is 6.72. The normalized spacial score (nSPS) is 12.7. The zero-order chi connectivity index (χ0) is 16.4. The Balaban J connectivity index is 2.17. The van der Waals surface area contributed by atoms with Crippen molar-refractivity contribution in [2.75, 3.05) is 6.61 Å². The predicted molar refractivity (Wildman–Crippen MR) is 90.0 cm³/mol. The van der Waals surface area contributed by atoms with Gasteiger partial charge in [0.05, 0.1) is 6.61 Å². The van der Waals surface area contributed by atoms with Crippen molar-refractivity contribution in [3.05, 3.63) is 30.3 Å². The number of rotatable bonds is 9. The Morgan fingerprint density at radius 2 is 1.82 bits per heavy atom. The molecular formula is C19H30O3. The molecule has 3 heteroatoms. The van der Waals surface area contributed by atoms with E-state index >= 15 is 0 Å². The molecule has 3 nitrogen and oxygen atoms in total. The molecule has 0 spiro atoms. The number of unbranched alkanes of at least 4 members (excludes halogenated alkanes) is 1. The molecule has 0 heterocycles. The van der Waals surface area contributed by atoms with Crippen LogP contribution in [0.25, 0.3) is 0 Å². The number of benzene rings is 1. The summed E-state index contributed by atoms with van der Waals surface area (Å²) in [5.41, 5.74) is -0.390. The minimum atomic E-state index is -0.390. The molecular weight excluding hydrogens is 276 g/mol. The van der Waals surface area contributed by atoms with Crippen LogP contribution in [0.3, 0.4) is 0 Å². The van der Waals surface area contributed by atoms with Crippen molar-refractivity contribution in [3.8, 4) is 5.75 Å². The summed E-state index contributed by atoms with van der Waals surface area (Å²) >= 11 is 0. The van der Waals surface area contributed by atoms with Gasteiger partial charge in [0.2, 0.25) is 0 Å². The van der Waals surface area contributed by atoms with Crippen LogP contribution in [-0.4, -0.2) is 18.2 Å². The smallest absolute Gasteiger partial charge is 0.306 e. The largest absolute Gasteiger partial charge is 0.494 e. The predicted octanol–water partition coefficient (Wildman–Crippen LogP) is 4.99. The van der Waals surface area contributed by atoms with Gasteiger partial charge in [-0.05, 0) is 58.1 Å². The van der Waals surface area contributed by atoms with E-state index in [1.807, 2.05) is 51.1 Å².